The van der Waals surface area contributed by atoms with Crippen molar-refractivity contribution in [2.24, 2.45) is 0 Å². The minimum atomic E-state index is -3.23. The molecule has 0 aliphatic carbocycles. The van der Waals surface area contributed by atoms with Gasteiger partial charge in [-0.3, -0.25) is 0 Å². The van der Waals surface area contributed by atoms with Crippen molar-refractivity contribution in [2.45, 2.75) is 6.42 Å². The summed E-state index contributed by atoms with van der Waals surface area (Å²) in [6.07, 6.45) is 0.117. The van der Waals surface area contributed by atoms with Crippen LogP contribution in [0.2, 0.25) is 0 Å². The Balaban J connectivity index is 3.05. The standard InChI is InChI=1S/C6H7ClO4S/c7-5-1-2-12(10,11)3-4(5)6(8)9/h1-3H2,(H,8,9). The van der Waals surface area contributed by atoms with Gasteiger partial charge in [0.05, 0.1) is 17.1 Å². The number of allylic oxidation sites excluding steroid dienone is 1. The maximum absolute atomic E-state index is 11.0. The van der Waals surface area contributed by atoms with Crippen LogP contribution in [-0.4, -0.2) is 31.0 Å². The molecule has 6 heteroatoms. The maximum atomic E-state index is 11.0. The summed E-state index contributed by atoms with van der Waals surface area (Å²) in [6, 6.07) is 0. The highest BCUT2D eigenvalue weighted by Gasteiger charge is 2.26. The fraction of sp³-hybridized carbons (Fsp3) is 0.500. The molecular formula is C6H7ClO4S. The molecule has 0 aromatic carbocycles. The van der Waals surface area contributed by atoms with Crippen LogP contribution >= 0.6 is 11.6 Å². The third kappa shape index (κ3) is 1.98. The van der Waals surface area contributed by atoms with E-state index in [1.165, 1.54) is 0 Å². The number of rotatable bonds is 1. The molecule has 1 heterocycles. The smallest absolute Gasteiger partial charge is 0.333 e. The van der Waals surface area contributed by atoms with E-state index in [9.17, 15) is 13.2 Å². The van der Waals surface area contributed by atoms with Gasteiger partial charge in [-0.2, -0.15) is 0 Å². The first kappa shape index (κ1) is 9.54. The summed E-state index contributed by atoms with van der Waals surface area (Å²) in [6.45, 7) is 0. The lowest BCUT2D eigenvalue weighted by molar-refractivity contribution is -0.132. The summed E-state index contributed by atoms with van der Waals surface area (Å²) < 4.78 is 21.9. The fourth-order valence-corrected chi connectivity index (χ4v) is 2.77. The Kier molecular flexibility index (Phi) is 2.44. The van der Waals surface area contributed by atoms with Gasteiger partial charge in [-0.15, -0.1) is 0 Å². The van der Waals surface area contributed by atoms with Crippen LogP contribution in [0.5, 0.6) is 0 Å². The van der Waals surface area contributed by atoms with Crippen molar-refractivity contribution in [3.05, 3.63) is 10.6 Å². The van der Waals surface area contributed by atoms with E-state index in [1.807, 2.05) is 0 Å². The number of halogens is 1. The van der Waals surface area contributed by atoms with Gasteiger partial charge >= 0.3 is 5.97 Å². The molecule has 0 bridgehead atoms. The number of aliphatic carboxylic acids is 1. The van der Waals surface area contributed by atoms with Crippen molar-refractivity contribution < 1.29 is 18.3 Å². The molecule has 1 aliphatic rings. The van der Waals surface area contributed by atoms with Gasteiger partial charge in [-0.1, -0.05) is 11.6 Å². The minimum absolute atomic E-state index is 0.0530. The van der Waals surface area contributed by atoms with Gasteiger partial charge in [-0.05, 0) is 6.42 Å². The topological polar surface area (TPSA) is 71.4 Å². The second-order valence-electron chi connectivity index (χ2n) is 2.53. The largest absolute Gasteiger partial charge is 0.478 e. The van der Waals surface area contributed by atoms with Gasteiger partial charge in [0.1, 0.15) is 0 Å². The Morgan fingerprint density at radius 3 is 2.50 bits per heavy atom. The molecule has 0 spiro atoms. The monoisotopic (exact) mass is 210 g/mol. The van der Waals surface area contributed by atoms with E-state index in [1.54, 1.807) is 0 Å². The second kappa shape index (κ2) is 3.06. The summed E-state index contributed by atoms with van der Waals surface area (Å²) in [5, 5.41) is 8.68. The molecule has 12 heavy (non-hydrogen) atoms. The normalized spacial score (nSPS) is 22.4. The Bertz CT molecular complexity index is 341. The van der Waals surface area contributed by atoms with Crippen LogP contribution in [0, 0.1) is 0 Å². The molecule has 1 aliphatic heterocycles. The molecule has 0 saturated carbocycles. The number of hydrogen-bond acceptors (Lipinski definition) is 3. The zero-order chi connectivity index (χ0) is 9.35. The first-order valence-electron chi connectivity index (χ1n) is 3.23. The van der Waals surface area contributed by atoms with Crippen LogP contribution in [-0.2, 0) is 14.6 Å². The lowest BCUT2D eigenvalue weighted by Crippen LogP contribution is -2.23. The van der Waals surface area contributed by atoms with Gasteiger partial charge in [-0.25, -0.2) is 13.2 Å². The molecule has 0 atom stereocenters. The number of carbonyl (C=O) groups is 1. The first-order chi connectivity index (χ1) is 5.42. The van der Waals surface area contributed by atoms with E-state index in [4.69, 9.17) is 16.7 Å². The molecule has 0 fully saturated rings. The molecular weight excluding hydrogens is 204 g/mol. The van der Waals surface area contributed by atoms with Crippen molar-refractivity contribution >= 4 is 27.4 Å². The number of carboxylic acid groups (broad SMARTS) is 1. The van der Waals surface area contributed by atoms with Gasteiger partial charge < -0.3 is 5.11 Å². The molecule has 0 amide bonds. The lowest BCUT2D eigenvalue weighted by Gasteiger charge is -2.12. The Labute approximate surface area is 74.8 Å². The van der Waals surface area contributed by atoms with E-state index in [0.717, 1.165) is 0 Å². The quantitative estimate of drug-likeness (QED) is 0.679. The Morgan fingerprint density at radius 1 is 1.50 bits per heavy atom. The third-order valence-electron chi connectivity index (χ3n) is 1.58. The van der Waals surface area contributed by atoms with Crippen LogP contribution in [0.15, 0.2) is 10.6 Å². The maximum Gasteiger partial charge on any atom is 0.333 e. The molecule has 1 rings (SSSR count). The summed E-state index contributed by atoms with van der Waals surface area (Å²) in [4.78, 5) is 10.4. The highest BCUT2D eigenvalue weighted by Crippen LogP contribution is 2.22. The molecule has 0 aromatic heterocycles. The van der Waals surface area contributed by atoms with Crippen LogP contribution in [0.25, 0.3) is 0 Å². The van der Waals surface area contributed by atoms with E-state index in [0.29, 0.717) is 0 Å². The van der Waals surface area contributed by atoms with Gasteiger partial charge in [0.15, 0.2) is 9.84 Å². The molecule has 0 aromatic rings. The van der Waals surface area contributed by atoms with Crippen molar-refractivity contribution in [1.82, 2.24) is 0 Å². The predicted octanol–water partition coefficient (Wildman–Crippen LogP) is 0.382. The number of carboxylic acids is 1. The highest BCUT2D eigenvalue weighted by molar-refractivity contribution is 7.91. The summed E-state index contributed by atoms with van der Waals surface area (Å²) in [7, 11) is -3.23. The van der Waals surface area contributed by atoms with Crippen molar-refractivity contribution in [2.75, 3.05) is 11.5 Å². The fourth-order valence-electron chi connectivity index (χ4n) is 0.944. The molecule has 0 unspecified atom stereocenters. The average Bonchev–Trinajstić information content (AvgIpc) is 1.94. The second-order valence-corrected chi connectivity index (χ2v) is 5.17. The van der Waals surface area contributed by atoms with Crippen LogP contribution in [0.4, 0.5) is 0 Å². The molecule has 68 valence electrons. The summed E-state index contributed by atoms with van der Waals surface area (Å²) >= 11 is 5.54. The van der Waals surface area contributed by atoms with Crippen molar-refractivity contribution in [3.63, 3.8) is 0 Å². The van der Waals surface area contributed by atoms with Gasteiger partial charge in [0.2, 0.25) is 0 Å². The van der Waals surface area contributed by atoms with Crippen molar-refractivity contribution in [1.29, 1.82) is 0 Å². The zero-order valence-electron chi connectivity index (χ0n) is 6.08. The predicted molar refractivity (Wildman–Crippen MR) is 43.8 cm³/mol. The van der Waals surface area contributed by atoms with Gasteiger partial charge in [0.25, 0.3) is 0 Å². The summed E-state index contributed by atoms with van der Waals surface area (Å²) in [5.74, 6) is -1.74. The van der Waals surface area contributed by atoms with Crippen molar-refractivity contribution in [3.8, 4) is 0 Å². The van der Waals surface area contributed by atoms with E-state index >= 15 is 0 Å². The molecule has 1 N–H and O–H groups in total. The number of hydrogen-bond donors (Lipinski definition) is 1. The summed E-state index contributed by atoms with van der Waals surface area (Å²) in [5.41, 5.74) is -0.192. The Morgan fingerprint density at radius 2 is 2.08 bits per heavy atom. The number of sulfone groups is 1. The molecule has 4 nitrogen and oxygen atoms in total. The molecule has 0 radical (unpaired) electrons. The average molecular weight is 211 g/mol. The first-order valence-corrected chi connectivity index (χ1v) is 5.43. The highest BCUT2D eigenvalue weighted by atomic mass is 35.5. The lowest BCUT2D eigenvalue weighted by atomic mass is 10.2. The van der Waals surface area contributed by atoms with Crippen LogP contribution < -0.4 is 0 Å². The minimum Gasteiger partial charge on any atom is -0.478 e. The van der Waals surface area contributed by atoms with Gasteiger partial charge in [0, 0.05) is 5.03 Å². The van der Waals surface area contributed by atoms with E-state index in [-0.39, 0.29) is 22.8 Å². The Hall–Kier alpha value is -0.550. The SMILES string of the molecule is O=C(O)C1=C(Cl)CCS(=O)(=O)C1. The molecule has 0 saturated heterocycles. The third-order valence-corrected chi connectivity index (χ3v) is 3.55. The zero-order valence-corrected chi connectivity index (χ0v) is 7.65. The van der Waals surface area contributed by atoms with E-state index in [2.05, 4.69) is 0 Å². The van der Waals surface area contributed by atoms with Crippen LogP contribution in [0.1, 0.15) is 6.42 Å². The van der Waals surface area contributed by atoms with E-state index < -0.39 is 21.6 Å². The van der Waals surface area contributed by atoms with Crippen LogP contribution in [0.3, 0.4) is 0 Å².